The Morgan fingerprint density at radius 2 is 1.95 bits per heavy atom. The third kappa shape index (κ3) is 3.88. The van der Waals surface area contributed by atoms with Crippen molar-refractivity contribution in [2.75, 3.05) is 5.32 Å². The normalized spacial score (nSPS) is 15.1. The van der Waals surface area contributed by atoms with Crippen molar-refractivity contribution >= 4 is 34.4 Å². The summed E-state index contributed by atoms with van der Waals surface area (Å²) in [5.74, 6) is -1.45. The molecule has 1 saturated carbocycles. The Bertz CT molecular complexity index is 631. The van der Waals surface area contributed by atoms with Gasteiger partial charge in [0, 0.05) is 22.4 Å². The van der Waals surface area contributed by atoms with E-state index >= 15 is 0 Å². The molecule has 2 rings (SSSR count). The number of hydrogen-bond acceptors (Lipinski definition) is 5. The van der Waals surface area contributed by atoms with E-state index in [-0.39, 0.29) is 11.1 Å². The van der Waals surface area contributed by atoms with Crippen molar-refractivity contribution in [1.82, 2.24) is 10.3 Å². The van der Waals surface area contributed by atoms with Gasteiger partial charge in [-0.3, -0.25) is 15.4 Å². The van der Waals surface area contributed by atoms with Crippen molar-refractivity contribution in [3.8, 4) is 0 Å². The van der Waals surface area contributed by atoms with Crippen LogP contribution in [0.3, 0.4) is 0 Å². The van der Waals surface area contributed by atoms with E-state index in [1.165, 1.54) is 25.2 Å². The fourth-order valence-electron chi connectivity index (χ4n) is 1.57. The molecule has 112 valence electrons. The molecule has 8 heteroatoms. The summed E-state index contributed by atoms with van der Waals surface area (Å²) >= 11 is 1.29. The molecule has 0 atom stereocenters. The zero-order chi connectivity index (χ0) is 15.6. The Labute approximate surface area is 125 Å². The van der Waals surface area contributed by atoms with Gasteiger partial charge in [-0.15, -0.1) is 11.3 Å². The largest absolute Gasteiger partial charge is 0.478 e. The van der Waals surface area contributed by atoms with Crippen LogP contribution in [0.2, 0.25) is 0 Å². The maximum Gasteiger partial charge on any atom is 0.331 e. The zero-order valence-electron chi connectivity index (χ0n) is 11.6. The van der Waals surface area contributed by atoms with Crippen molar-refractivity contribution < 1.29 is 19.5 Å². The number of carbonyl (C=O) groups excluding carboxylic acids is 2. The van der Waals surface area contributed by atoms with Crippen molar-refractivity contribution in [3.05, 3.63) is 22.2 Å². The van der Waals surface area contributed by atoms with Crippen molar-refractivity contribution in [3.63, 3.8) is 0 Å². The van der Waals surface area contributed by atoms with E-state index in [0.29, 0.717) is 11.0 Å². The molecular weight excluding hydrogens is 294 g/mol. The first kappa shape index (κ1) is 15.2. The lowest BCUT2D eigenvalue weighted by Gasteiger charge is -2.06. The molecule has 1 aliphatic carbocycles. The molecule has 0 aliphatic heterocycles. The average Bonchev–Trinajstić information content (AvgIpc) is 3.17. The molecule has 0 bridgehead atoms. The molecule has 0 saturated heterocycles. The number of imide groups is 1. The summed E-state index contributed by atoms with van der Waals surface area (Å²) in [7, 11) is 0. The molecule has 1 aliphatic rings. The summed E-state index contributed by atoms with van der Waals surface area (Å²) in [5.41, 5.74) is 0.834. The van der Waals surface area contributed by atoms with E-state index in [4.69, 9.17) is 5.11 Å². The number of hydrogen-bond donors (Lipinski definition) is 3. The van der Waals surface area contributed by atoms with E-state index in [1.54, 1.807) is 0 Å². The Morgan fingerprint density at radius 3 is 2.52 bits per heavy atom. The standard InChI is InChI=1S/C13H15N3O4S/c1-6(7(2)11(18)19)10(17)15-12(20)16-13-14-9(5-21-13)8-3-4-8/h5,8H,3-4H2,1-2H3,(H,18,19)(H2,14,15,16,17,20). The van der Waals surface area contributed by atoms with Gasteiger partial charge in [0.15, 0.2) is 5.13 Å². The van der Waals surface area contributed by atoms with Crippen molar-refractivity contribution in [1.29, 1.82) is 0 Å². The molecule has 0 aromatic carbocycles. The predicted octanol–water partition coefficient (Wildman–Crippen LogP) is 2.09. The summed E-state index contributed by atoms with van der Waals surface area (Å²) < 4.78 is 0. The van der Waals surface area contributed by atoms with Crippen LogP contribution in [0.15, 0.2) is 16.5 Å². The highest BCUT2D eigenvalue weighted by molar-refractivity contribution is 7.13. The van der Waals surface area contributed by atoms with Gasteiger partial charge in [0.2, 0.25) is 0 Å². The van der Waals surface area contributed by atoms with Gasteiger partial charge in [-0.25, -0.2) is 14.6 Å². The lowest BCUT2D eigenvalue weighted by Crippen LogP contribution is -2.35. The van der Waals surface area contributed by atoms with Gasteiger partial charge in [0.25, 0.3) is 5.91 Å². The van der Waals surface area contributed by atoms with E-state index in [0.717, 1.165) is 18.5 Å². The van der Waals surface area contributed by atoms with Gasteiger partial charge in [-0.1, -0.05) is 0 Å². The minimum Gasteiger partial charge on any atom is -0.478 e. The molecule has 1 aromatic heterocycles. The van der Waals surface area contributed by atoms with Gasteiger partial charge >= 0.3 is 12.0 Å². The second kappa shape index (κ2) is 6.04. The van der Waals surface area contributed by atoms with Crippen LogP contribution >= 0.6 is 11.3 Å². The fraction of sp³-hybridized carbons (Fsp3) is 0.385. The summed E-state index contributed by atoms with van der Waals surface area (Å²) in [6.45, 7) is 2.65. The van der Waals surface area contributed by atoms with Crippen LogP contribution in [0.25, 0.3) is 0 Å². The number of aliphatic carboxylic acids is 1. The van der Waals surface area contributed by atoms with E-state index in [9.17, 15) is 14.4 Å². The summed E-state index contributed by atoms with van der Waals surface area (Å²) in [4.78, 5) is 38.4. The van der Waals surface area contributed by atoms with Crippen LogP contribution in [0, 0.1) is 0 Å². The average molecular weight is 309 g/mol. The van der Waals surface area contributed by atoms with Crippen molar-refractivity contribution in [2.45, 2.75) is 32.6 Å². The number of urea groups is 1. The number of anilines is 1. The summed E-state index contributed by atoms with van der Waals surface area (Å²) in [6.07, 6.45) is 2.23. The van der Waals surface area contributed by atoms with Crippen LogP contribution in [0.4, 0.5) is 9.93 Å². The monoisotopic (exact) mass is 309 g/mol. The number of rotatable bonds is 4. The molecule has 0 spiro atoms. The topological polar surface area (TPSA) is 108 Å². The predicted molar refractivity (Wildman–Crippen MR) is 77.3 cm³/mol. The third-order valence-electron chi connectivity index (χ3n) is 3.19. The molecule has 0 unspecified atom stereocenters. The van der Waals surface area contributed by atoms with Crippen LogP contribution < -0.4 is 10.6 Å². The molecule has 1 heterocycles. The molecule has 3 N–H and O–H groups in total. The maximum absolute atomic E-state index is 11.7. The van der Waals surface area contributed by atoms with E-state index in [1.807, 2.05) is 5.38 Å². The highest BCUT2D eigenvalue weighted by Gasteiger charge is 2.26. The number of aromatic nitrogens is 1. The van der Waals surface area contributed by atoms with Crippen molar-refractivity contribution in [2.24, 2.45) is 0 Å². The lowest BCUT2D eigenvalue weighted by atomic mass is 10.1. The Morgan fingerprint density at radius 1 is 1.29 bits per heavy atom. The number of nitrogens with one attached hydrogen (secondary N) is 2. The van der Waals surface area contributed by atoms with Crippen LogP contribution in [0.5, 0.6) is 0 Å². The third-order valence-corrected chi connectivity index (χ3v) is 3.96. The maximum atomic E-state index is 11.7. The lowest BCUT2D eigenvalue weighted by molar-refractivity contribution is -0.133. The minimum atomic E-state index is -1.20. The first-order chi connectivity index (χ1) is 9.88. The van der Waals surface area contributed by atoms with Gasteiger partial charge in [0.1, 0.15) is 0 Å². The van der Waals surface area contributed by atoms with Crippen LogP contribution in [-0.2, 0) is 9.59 Å². The highest BCUT2D eigenvalue weighted by atomic mass is 32.1. The molecule has 3 amide bonds. The SMILES string of the molecule is CC(C(=O)O)=C(C)C(=O)NC(=O)Nc1nc(C2CC2)cs1. The highest BCUT2D eigenvalue weighted by Crippen LogP contribution is 2.40. The number of amides is 3. The Kier molecular flexibility index (Phi) is 4.37. The van der Waals surface area contributed by atoms with Gasteiger partial charge in [-0.05, 0) is 26.7 Å². The molecule has 1 aromatic rings. The molecule has 7 nitrogen and oxygen atoms in total. The summed E-state index contributed by atoms with van der Waals surface area (Å²) in [6, 6.07) is -0.728. The molecule has 0 radical (unpaired) electrons. The number of nitrogens with zero attached hydrogens (tertiary/aromatic N) is 1. The summed E-state index contributed by atoms with van der Waals surface area (Å²) in [5, 5.41) is 15.6. The molecule has 1 fully saturated rings. The van der Waals surface area contributed by atoms with Crippen LogP contribution in [-0.4, -0.2) is 28.0 Å². The van der Waals surface area contributed by atoms with Gasteiger partial charge in [0.05, 0.1) is 5.69 Å². The second-order valence-electron chi connectivity index (χ2n) is 4.82. The molecular formula is C13H15N3O4S. The van der Waals surface area contributed by atoms with E-state index in [2.05, 4.69) is 15.6 Å². The first-order valence-electron chi connectivity index (χ1n) is 6.37. The second-order valence-corrected chi connectivity index (χ2v) is 5.67. The first-order valence-corrected chi connectivity index (χ1v) is 7.25. The fourth-order valence-corrected chi connectivity index (χ4v) is 2.35. The zero-order valence-corrected chi connectivity index (χ0v) is 12.4. The minimum absolute atomic E-state index is 0.0181. The van der Waals surface area contributed by atoms with E-state index < -0.39 is 17.9 Å². The molecule has 21 heavy (non-hydrogen) atoms. The number of carboxylic acid groups (broad SMARTS) is 1. The quantitative estimate of drug-likeness (QED) is 0.738. The number of thiazole rings is 1. The van der Waals surface area contributed by atoms with Crippen LogP contribution in [0.1, 0.15) is 38.3 Å². The number of carbonyl (C=O) groups is 3. The number of carboxylic acids is 1. The Hall–Kier alpha value is -2.22. The Balaban J connectivity index is 1.93. The van der Waals surface area contributed by atoms with Gasteiger partial charge < -0.3 is 5.11 Å². The smallest absolute Gasteiger partial charge is 0.331 e. The van der Waals surface area contributed by atoms with Gasteiger partial charge in [-0.2, -0.15) is 0 Å².